The quantitative estimate of drug-likeness (QED) is 0.215. The minimum atomic E-state index is -0.0981. The predicted molar refractivity (Wildman–Crippen MR) is 167 cm³/mol. The number of nitrogens with one attached hydrogen (secondary N) is 1. The van der Waals surface area contributed by atoms with Crippen molar-refractivity contribution in [2.45, 2.75) is 54.1 Å². The Morgan fingerprint density at radius 3 is 2.22 bits per heavy atom. The van der Waals surface area contributed by atoms with Gasteiger partial charge in [0.15, 0.2) is 5.69 Å². The van der Waals surface area contributed by atoms with Gasteiger partial charge >= 0.3 is 0 Å². The van der Waals surface area contributed by atoms with Crippen molar-refractivity contribution >= 4 is 23.2 Å². The normalized spacial score (nSPS) is 12.3. The minimum absolute atomic E-state index is 0. The van der Waals surface area contributed by atoms with Crippen molar-refractivity contribution in [2.24, 2.45) is 5.92 Å². The number of amides is 2. The summed E-state index contributed by atoms with van der Waals surface area (Å²) in [5.74, 6) is 0.415. The number of anilines is 1. The number of hydrogen-bond acceptors (Lipinski definition) is 4. The Bertz CT molecular complexity index is 1350. The van der Waals surface area contributed by atoms with E-state index < -0.39 is 0 Å². The van der Waals surface area contributed by atoms with Crippen molar-refractivity contribution in [3.63, 3.8) is 0 Å². The van der Waals surface area contributed by atoms with Crippen LogP contribution in [-0.2, 0) is 22.7 Å². The fourth-order valence-corrected chi connectivity index (χ4v) is 5.00. The lowest BCUT2D eigenvalue weighted by atomic mass is 10.0. The predicted octanol–water partition coefficient (Wildman–Crippen LogP) is 6.60. The van der Waals surface area contributed by atoms with Crippen LogP contribution in [0.3, 0.4) is 0 Å². The summed E-state index contributed by atoms with van der Waals surface area (Å²) in [5, 5.41) is 6.77. The van der Waals surface area contributed by atoms with Gasteiger partial charge in [-0.15, -0.1) is 0 Å². The van der Waals surface area contributed by atoms with Crippen LogP contribution in [0.2, 0.25) is 0 Å². The van der Waals surface area contributed by atoms with Crippen LogP contribution in [0.15, 0.2) is 66.7 Å². The van der Waals surface area contributed by atoms with E-state index in [4.69, 9.17) is 6.57 Å². The topological polar surface area (TPSA) is 60.3 Å². The monoisotopic (exact) mass is 553 g/mol. The highest BCUT2D eigenvalue weighted by atomic mass is 16.2. The van der Waals surface area contributed by atoms with Crippen molar-refractivity contribution in [1.82, 2.24) is 15.3 Å². The van der Waals surface area contributed by atoms with E-state index in [2.05, 4.69) is 36.1 Å². The molecule has 0 radical (unpaired) electrons. The first kappa shape index (κ1) is 31.4. The molecule has 3 aromatic carbocycles. The van der Waals surface area contributed by atoms with Gasteiger partial charge in [-0.2, -0.15) is 0 Å². The van der Waals surface area contributed by atoms with Gasteiger partial charge in [0.2, 0.25) is 5.91 Å². The lowest BCUT2D eigenvalue weighted by Crippen LogP contribution is -2.48. The Kier molecular flexibility index (Phi) is 11.1. The Hall–Kier alpha value is -4.15. The van der Waals surface area contributed by atoms with E-state index in [9.17, 15) is 9.59 Å². The molecule has 0 fully saturated rings. The molecule has 1 N–H and O–H groups in total. The van der Waals surface area contributed by atoms with Gasteiger partial charge in [0.05, 0.1) is 19.7 Å². The molecule has 0 unspecified atom stereocenters. The molecule has 0 spiro atoms. The number of carbonyl (C=O) groups excluding carboxylic acids is 2. The Balaban J connectivity index is 0.00000462. The minimum Gasteiger partial charge on any atom is -0.355 e. The van der Waals surface area contributed by atoms with Gasteiger partial charge in [0.25, 0.3) is 5.91 Å². The maximum Gasteiger partial charge on any atom is 0.256 e. The summed E-state index contributed by atoms with van der Waals surface area (Å²) in [4.78, 5) is 32.0. The average Bonchev–Trinajstić information content (AvgIpc) is 3.39. The van der Waals surface area contributed by atoms with Crippen molar-refractivity contribution in [2.75, 3.05) is 31.6 Å². The number of rotatable bonds is 11. The van der Waals surface area contributed by atoms with Crippen LogP contribution in [0.25, 0.3) is 16.0 Å². The molecule has 1 aliphatic heterocycles. The van der Waals surface area contributed by atoms with E-state index in [1.165, 1.54) is 11.1 Å². The maximum atomic E-state index is 13.6. The van der Waals surface area contributed by atoms with Gasteiger partial charge in [-0.1, -0.05) is 81.9 Å². The molecule has 0 saturated heterocycles. The molecule has 2 amide bonds. The summed E-state index contributed by atoms with van der Waals surface area (Å²) in [6.45, 7) is 15.7. The molecular weight excluding hydrogens is 510 g/mol. The zero-order valence-corrected chi connectivity index (χ0v) is 24.0. The standard InChI is InChI=1S/C33H39N5O2.CH4/c1-24(2)9-8-18-35-32(39)22-37(23-33(40)36(5)38-20-28-10-6-7-11-29(28)21-38)31-19-27(13-12-25(31)3)26-14-16-30(34-4)17-15-26;/h6-7,10-17,19,24H,8-9,18,20-23H2,1-3,5H3,(H,35,39);1H4. The highest BCUT2D eigenvalue weighted by molar-refractivity contribution is 5.87. The fourth-order valence-electron chi connectivity index (χ4n) is 5.00. The lowest BCUT2D eigenvalue weighted by molar-refractivity contribution is -0.145. The maximum absolute atomic E-state index is 13.6. The number of benzene rings is 3. The molecule has 1 heterocycles. The van der Waals surface area contributed by atoms with Crippen LogP contribution in [0, 0.1) is 19.4 Å². The molecule has 7 heteroatoms. The fraction of sp³-hybridized carbons (Fsp3) is 0.382. The second-order valence-electron chi connectivity index (χ2n) is 10.9. The number of hydrogen-bond donors (Lipinski definition) is 1. The van der Waals surface area contributed by atoms with Crippen molar-refractivity contribution in [3.8, 4) is 11.1 Å². The number of hydrazine groups is 1. The first-order chi connectivity index (χ1) is 19.2. The van der Waals surface area contributed by atoms with Gasteiger partial charge < -0.3 is 10.2 Å². The molecule has 216 valence electrons. The van der Waals surface area contributed by atoms with Gasteiger partial charge in [0.1, 0.15) is 0 Å². The van der Waals surface area contributed by atoms with Crippen LogP contribution in [0.1, 0.15) is 50.8 Å². The van der Waals surface area contributed by atoms with Crippen molar-refractivity contribution < 1.29 is 9.59 Å². The average molecular weight is 554 g/mol. The SMILES string of the molecule is C.[C-]#[N+]c1ccc(-c2ccc(C)c(N(CC(=O)NCCCC(C)C)CC(=O)N(C)N3Cc4ccccc4C3)c2)cc1. The molecule has 41 heavy (non-hydrogen) atoms. The van der Waals surface area contributed by atoms with Gasteiger partial charge in [-0.05, 0) is 59.6 Å². The van der Waals surface area contributed by atoms with Crippen LogP contribution >= 0.6 is 0 Å². The third-order valence-electron chi connectivity index (χ3n) is 7.43. The van der Waals surface area contributed by atoms with Crippen LogP contribution < -0.4 is 10.2 Å². The number of nitrogens with zero attached hydrogens (tertiary/aromatic N) is 4. The third kappa shape index (κ3) is 8.18. The highest BCUT2D eigenvalue weighted by Gasteiger charge is 2.27. The molecule has 7 nitrogen and oxygen atoms in total. The largest absolute Gasteiger partial charge is 0.355 e. The third-order valence-corrected chi connectivity index (χ3v) is 7.43. The second kappa shape index (κ2) is 14.5. The van der Waals surface area contributed by atoms with Crippen LogP contribution in [-0.4, -0.2) is 48.5 Å². The molecule has 0 aliphatic carbocycles. The Morgan fingerprint density at radius 1 is 0.976 bits per heavy atom. The van der Waals surface area contributed by atoms with E-state index in [0.717, 1.165) is 35.2 Å². The summed E-state index contributed by atoms with van der Waals surface area (Å²) in [5.41, 5.74) is 6.82. The zero-order chi connectivity index (χ0) is 28.6. The van der Waals surface area contributed by atoms with Gasteiger partial charge in [-0.25, -0.2) is 9.85 Å². The smallest absolute Gasteiger partial charge is 0.256 e. The summed E-state index contributed by atoms with van der Waals surface area (Å²) in [6.07, 6.45) is 1.98. The van der Waals surface area contributed by atoms with E-state index in [1.807, 2.05) is 59.3 Å². The number of fused-ring (bicyclic) bond motifs is 1. The van der Waals surface area contributed by atoms with E-state index in [1.54, 1.807) is 24.2 Å². The highest BCUT2D eigenvalue weighted by Crippen LogP contribution is 2.30. The second-order valence-corrected chi connectivity index (χ2v) is 10.9. The number of carbonyl (C=O) groups is 2. The van der Waals surface area contributed by atoms with Crippen LogP contribution in [0.5, 0.6) is 0 Å². The van der Waals surface area contributed by atoms with Crippen LogP contribution in [0.4, 0.5) is 11.4 Å². The lowest BCUT2D eigenvalue weighted by Gasteiger charge is -2.32. The summed E-state index contributed by atoms with van der Waals surface area (Å²) >= 11 is 0. The van der Waals surface area contributed by atoms with E-state index >= 15 is 0 Å². The molecule has 4 rings (SSSR count). The van der Waals surface area contributed by atoms with Crippen molar-refractivity contribution in [3.05, 3.63) is 94.8 Å². The summed E-state index contributed by atoms with van der Waals surface area (Å²) in [6, 6.07) is 21.8. The first-order valence-corrected chi connectivity index (χ1v) is 13.9. The summed E-state index contributed by atoms with van der Waals surface area (Å²) in [7, 11) is 1.81. The van der Waals surface area contributed by atoms with E-state index in [-0.39, 0.29) is 32.3 Å². The Labute approximate surface area is 245 Å². The molecule has 3 aromatic rings. The van der Waals surface area contributed by atoms with Gasteiger partial charge in [0, 0.05) is 32.4 Å². The molecule has 0 bridgehead atoms. The number of likely N-dealkylation sites (N-methyl/N-ethyl adjacent to an activating group) is 1. The molecule has 0 saturated carbocycles. The van der Waals surface area contributed by atoms with Crippen molar-refractivity contribution in [1.29, 1.82) is 0 Å². The molecule has 0 aromatic heterocycles. The van der Waals surface area contributed by atoms with Gasteiger partial charge in [-0.3, -0.25) is 14.6 Å². The van der Waals surface area contributed by atoms with E-state index in [0.29, 0.717) is 31.2 Å². The summed E-state index contributed by atoms with van der Waals surface area (Å²) < 4.78 is 0. The molecule has 0 atom stereocenters. The first-order valence-electron chi connectivity index (χ1n) is 13.9. The Morgan fingerprint density at radius 2 is 1.61 bits per heavy atom. The molecule has 1 aliphatic rings. The number of aryl methyl sites for hydroxylation is 1. The zero-order valence-electron chi connectivity index (χ0n) is 24.0. The molecular formula is C34H43N5O2.